The zero-order valence-corrected chi connectivity index (χ0v) is 11.9. The first-order valence-corrected chi connectivity index (χ1v) is 7.83. The standard InChI is InChI=1S/C15H25NS/c1-3-11-16-14(2)8-7-12-17-13-15-9-5-4-6-10-15/h4-6,9-10,14,16H,3,7-8,11-13H2,1-2H3. The summed E-state index contributed by atoms with van der Waals surface area (Å²) in [7, 11) is 0. The van der Waals surface area contributed by atoms with E-state index in [0.717, 1.165) is 12.3 Å². The second kappa shape index (κ2) is 9.55. The third kappa shape index (κ3) is 7.45. The van der Waals surface area contributed by atoms with Crippen molar-refractivity contribution < 1.29 is 0 Å². The molecule has 1 rings (SSSR count). The molecule has 0 amide bonds. The molecule has 0 radical (unpaired) electrons. The molecule has 0 aliphatic rings. The van der Waals surface area contributed by atoms with Gasteiger partial charge in [-0.25, -0.2) is 0 Å². The Morgan fingerprint density at radius 3 is 2.71 bits per heavy atom. The van der Waals surface area contributed by atoms with Gasteiger partial charge in [-0.05, 0) is 44.0 Å². The van der Waals surface area contributed by atoms with Crippen LogP contribution >= 0.6 is 11.8 Å². The van der Waals surface area contributed by atoms with Gasteiger partial charge in [-0.15, -0.1) is 0 Å². The summed E-state index contributed by atoms with van der Waals surface area (Å²) in [6.45, 7) is 5.66. The van der Waals surface area contributed by atoms with Crippen molar-refractivity contribution >= 4 is 11.8 Å². The zero-order chi connectivity index (χ0) is 12.3. The van der Waals surface area contributed by atoms with E-state index in [-0.39, 0.29) is 0 Å². The Labute approximate surface area is 110 Å². The molecule has 0 aliphatic carbocycles. The summed E-state index contributed by atoms with van der Waals surface area (Å²) in [6.07, 6.45) is 3.84. The molecule has 0 saturated carbocycles. The van der Waals surface area contributed by atoms with Crippen molar-refractivity contribution in [3.8, 4) is 0 Å². The van der Waals surface area contributed by atoms with Gasteiger partial charge in [-0.3, -0.25) is 0 Å². The van der Waals surface area contributed by atoms with Crippen molar-refractivity contribution in [3.63, 3.8) is 0 Å². The first kappa shape index (κ1) is 14.6. The molecule has 0 spiro atoms. The molecule has 17 heavy (non-hydrogen) atoms. The fraction of sp³-hybridized carbons (Fsp3) is 0.600. The predicted octanol–water partition coefficient (Wildman–Crippen LogP) is 4.09. The first-order valence-electron chi connectivity index (χ1n) is 6.68. The number of hydrogen-bond acceptors (Lipinski definition) is 2. The first-order chi connectivity index (χ1) is 8.33. The van der Waals surface area contributed by atoms with E-state index in [1.165, 1.54) is 30.6 Å². The molecule has 0 aliphatic heterocycles. The molecule has 0 saturated heterocycles. The Kier molecular flexibility index (Phi) is 8.20. The van der Waals surface area contributed by atoms with Gasteiger partial charge < -0.3 is 5.32 Å². The summed E-state index contributed by atoms with van der Waals surface area (Å²) >= 11 is 2.04. The third-order valence-corrected chi connectivity index (χ3v) is 3.89. The summed E-state index contributed by atoms with van der Waals surface area (Å²) in [6, 6.07) is 11.4. The highest BCUT2D eigenvalue weighted by molar-refractivity contribution is 7.98. The summed E-state index contributed by atoms with van der Waals surface area (Å²) in [5, 5.41) is 3.53. The molecule has 0 aromatic heterocycles. The summed E-state index contributed by atoms with van der Waals surface area (Å²) in [5.41, 5.74) is 1.44. The highest BCUT2D eigenvalue weighted by Crippen LogP contribution is 2.13. The van der Waals surface area contributed by atoms with Crippen LogP contribution in [0.3, 0.4) is 0 Å². The average Bonchev–Trinajstić information content (AvgIpc) is 2.37. The minimum Gasteiger partial charge on any atom is -0.314 e. The second-order valence-corrected chi connectivity index (χ2v) is 5.64. The Morgan fingerprint density at radius 1 is 1.24 bits per heavy atom. The van der Waals surface area contributed by atoms with Crippen molar-refractivity contribution in [3.05, 3.63) is 35.9 Å². The highest BCUT2D eigenvalue weighted by atomic mass is 32.2. The van der Waals surface area contributed by atoms with Crippen molar-refractivity contribution in [1.29, 1.82) is 0 Å². The summed E-state index contributed by atoms with van der Waals surface area (Å²) in [5.74, 6) is 2.42. The molecule has 1 N–H and O–H groups in total. The SMILES string of the molecule is CCCNC(C)CCCSCc1ccccc1. The van der Waals surface area contributed by atoms with Crippen LogP contribution in [-0.4, -0.2) is 18.3 Å². The van der Waals surface area contributed by atoms with Crippen LogP contribution in [0.25, 0.3) is 0 Å². The lowest BCUT2D eigenvalue weighted by Gasteiger charge is -2.12. The van der Waals surface area contributed by atoms with Crippen molar-refractivity contribution in [1.82, 2.24) is 5.32 Å². The summed E-state index contributed by atoms with van der Waals surface area (Å²) < 4.78 is 0. The second-order valence-electron chi connectivity index (χ2n) is 4.54. The molecule has 96 valence electrons. The number of hydrogen-bond donors (Lipinski definition) is 1. The minimum absolute atomic E-state index is 0.673. The van der Waals surface area contributed by atoms with Crippen LogP contribution in [0.2, 0.25) is 0 Å². The number of benzene rings is 1. The molecule has 1 nitrogen and oxygen atoms in total. The largest absolute Gasteiger partial charge is 0.314 e. The van der Waals surface area contributed by atoms with Crippen molar-refractivity contribution in [2.45, 2.75) is 44.9 Å². The topological polar surface area (TPSA) is 12.0 Å². The molecule has 0 fully saturated rings. The maximum atomic E-state index is 3.53. The molecular formula is C15H25NS. The van der Waals surface area contributed by atoms with Gasteiger partial charge in [0.25, 0.3) is 0 Å². The van der Waals surface area contributed by atoms with Crippen LogP contribution in [0.4, 0.5) is 0 Å². The van der Waals surface area contributed by atoms with E-state index in [2.05, 4.69) is 49.5 Å². The Hall–Kier alpha value is -0.470. The zero-order valence-electron chi connectivity index (χ0n) is 11.1. The van der Waals surface area contributed by atoms with Gasteiger partial charge in [-0.2, -0.15) is 11.8 Å². The fourth-order valence-electron chi connectivity index (χ4n) is 1.75. The molecular weight excluding hydrogens is 226 g/mol. The number of nitrogens with one attached hydrogen (secondary N) is 1. The van der Waals surface area contributed by atoms with Gasteiger partial charge in [0, 0.05) is 11.8 Å². The lowest BCUT2D eigenvalue weighted by molar-refractivity contribution is 0.510. The Balaban J connectivity index is 1.97. The Bertz CT molecular complexity index is 274. The lowest BCUT2D eigenvalue weighted by Crippen LogP contribution is -2.26. The maximum Gasteiger partial charge on any atom is 0.0184 e. The third-order valence-electron chi connectivity index (χ3n) is 2.78. The fourth-order valence-corrected chi connectivity index (χ4v) is 2.69. The average molecular weight is 251 g/mol. The van der Waals surface area contributed by atoms with Crippen molar-refractivity contribution in [2.75, 3.05) is 12.3 Å². The van der Waals surface area contributed by atoms with E-state index < -0.39 is 0 Å². The van der Waals surface area contributed by atoms with E-state index in [1.807, 2.05) is 11.8 Å². The molecule has 2 heteroatoms. The van der Waals surface area contributed by atoms with E-state index in [0.29, 0.717) is 6.04 Å². The Morgan fingerprint density at radius 2 is 2.00 bits per heavy atom. The molecule has 1 aromatic carbocycles. The van der Waals surface area contributed by atoms with Gasteiger partial charge >= 0.3 is 0 Å². The normalized spacial score (nSPS) is 12.6. The van der Waals surface area contributed by atoms with Gasteiger partial charge in [0.2, 0.25) is 0 Å². The maximum absolute atomic E-state index is 3.53. The number of rotatable bonds is 9. The highest BCUT2D eigenvalue weighted by Gasteiger charge is 1.99. The van der Waals surface area contributed by atoms with Crippen LogP contribution < -0.4 is 5.32 Å². The van der Waals surface area contributed by atoms with Crippen molar-refractivity contribution in [2.24, 2.45) is 0 Å². The van der Waals surface area contributed by atoms with Gasteiger partial charge in [0.1, 0.15) is 0 Å². The monoisotopic (exact) mass is 251 g/mol. The quantitative estimate of drug-likeness (QED) is 0.664. The van der Waals surface area contributed by atoms with Gasteiger partial charge in [-0.1, -0.05) is 37.3 Å². The molecule has 0 bridgehead atoms. The van der Waals surface area contributed by atoms with Crippen LogP contribution in [0.1, 0.15) is 38.7 Å². The molecule has 1 atom stereocenters. The minimum atomic E-state index is 0.673. The molecule has 0 heterocycles. The van der Waals surface area contributed by atoms with Gasteiger partial charge in [0.15, 0.2) is 0 Å². The molecule has 1 unspecified atom stereocenters. The predicted molar refractivity (Wildman–Crippen MR) is 79.6 cm³/mol. The number of thioether (sulfide) groups is 1. The van der Waals surface area contributed by atoms with E-state index in [4.69, 9.17) is 0 Å². The van der Waals surface area contributed by atoms with Crippen LogP contribution in [0.15, 0.2) is 30.3 Å². The van der Waals surface area contributed by atoms with Crippen LogP contribution in [0, 0.1) is 0 Å². The van der Waals surface area contributed by atoms with E-state index >= 15 is 0 Å². The molecule has 1 aromatic rings. The van der Waals surface area contributed by atoms with Crippen LogP contribution in [0.5, 0.6) is 0 Å². The van der Waals surface area contributed by atoms with Crippen LogP contribution in [-0.2, 0) is 5.75 Å². The van der Waals surface area contributed by atoms with E-state index in [9.17, 15) is 0 Å². The smallest absolute Gasteiger partial charge is 0.0184 e. The van der Waals surface area contributed by atoms with Gasteiger partial charge in [0.05, 0.1) is 0 Å². The summed E-state index contributed by atoms with van der Waals surface area (Å²) in [4.78, 5) is 0. The van der Waals surface area contributed by atoms with E-state index in [1.54, 1.807) is 0 Å². The lowest BCUT2D eigenvalue weighted by atomic mass is 10.2.